The van der Waals surface area contributed by atoms with Crippen LogP contribution in [-0.2, 0) is 0 Å². The van der Waals surface area contributed by atoms with Crippen molar-refractivity contribution in [3.05, 3.63) is 83.1 Å². The average Bonchev–Trinajstić information content (AvgIpc) is 2.57. The van der Waals surface area contributed by atoms with Crippen LogP contribution in [0.3, 0.4) is 0 Å². The molecule has 0 fully saturated rings. The molecule has 1 amide bonds. The Balaban J connectivity index is 1.74. The van der Waals surface area contributed by atoms with Crippen LogP contribution in [0.15, 0.2) is 66.9 Å². The van der Waals surface area contributed by atoms with Gasteiger partial charge in [0.05, 0.1) is 0 Å². The van der Waals surface area contributed by atoms with Crippen LogP contribution in [-0.4, -0.2) is 10.9 Å². The molecule has 0 saturated heterocycles. The van der Waals surface area contributed by atoms with Crippen LogP contribution in [0.1, 0.15) is 16.1 Å². The van der Waals surface area contributed by atoms with Gasteiger partial charge in [0.2, 0.25) is 0 Å². The van der Waals surface area contributed by atoms with Crippen molar-refractivity contribution in [2.75, 3.05) is 10.6 Å². The molecule has 0 unspecified atom stereocenters. The van der Waals surface area contributed by atoms with Gasteiger partial charge in [-0.05, 0) is 61.0 Å². The lowest BCUT2D eigenvalue weighted by atomic mass is 10.2. The molecule has 5 heteroatoms. The summed E-state index contributed by atoms with van der Waals surface area (Å²) in [5, 5.41) is 6.75. The van der Waals surface area contributed by atoms with Gasteiger partial charge in [-0.15, -0.1) is 0 Å². The number of nitrogens with zero attached hydrogens (tertiary/aromatic N) is 1. The Morgan fingerprint density at radius 1 is 0.958 bits per heavy atom. The fraction of sp³-hybridized carbons (Fsp3) is 0.0526. The summed E-state index contributed by atoms with van der Waals surface area (Å²) >= 11 is 5.88. The average molecular weight is 338 g/mol. The Hall–Kier alpha value is -2.85. The molecular formula is C19H16ClN3O. The number of halogens is 1. The summed E-state index contributed by atoms with van der Waals surface area (Å²) in [6.07, 6.45) is 1.60. The van der Waals surface area contributed by atoms with Gasteiger partial charge in [-0.3, -0.25) is 9.78 Å². The van der Waals surface area contributed by atoms with Crippen LogP contribution in [0, 0.1) is 6.92 Å². The number of anilines is 3. The van der Waals surface area contributed by atoms with Crippen LogP contribution in [0.4, 0.5) is 17.1 Å². The van der Waals surface area contributed by atoms with E-state index >= 15 is 0 Å². The van der Waals surface area contributed by atoms with Crippen molar-refractivity contribution in [1.29, 1.82) is 0 Å². The number of hydrogen-bond donors (Lipinski definition) is 2. The molecule has 0 aliphatic carbocycles. The topological polar surface area (TPSA) is 54.0 Å². The summed E-state index contributed by atoms with van der Waals surface area (Å²) in [6.45, 7) is 1.98. The van der Waals surface area contributed by atoms with Gasteiger partial charge in [0.1, 0.15) is 5.69 Å². The molecule has 1 heterocycles. The second-order valence-corrected chi connectivity index (χ2v) is 5.82. The molecule has 0 radical (unpaired) electrons. The van der Waals surface area contributed by atoms with E-state index in [-0.39, 0.29) is 5.91 Å². The zero-order valence-electron chi connectivity index (χ0n) is 13.1. The molecule has 0 saturated carbocycles. The minimum atomic E-state index is -0.250. The van der Waals surface area contributed by atoms with Crippen molar-refractivity contribution in [2.24, 2.45) is 0 Å². The number of carbonyl (C=O) groups is 1. The third-order valence-electron chi connectivity index (χ3n) is 3.40. The molecule has 0 bridgehead atoms. The molecule has 2 N–H and O–H groups in total. The Bertz CT molecular complexity index is 862. The lowest BCUT2D eigenvalue weighted by molar-refractivity contribution is 0.102. The monoisotopic (exact) mass is 337 g/mol. The predicted molar refractivity (Wildman–Crippen MR) is 98.1 cm³/mol. The van der Waals surface area contributed by atoms with Crippen LogP contribution in [0.5, 0.6) is 0 Å². The summed E-state index contributed by atoms with van der Waals surface area (Å²) in [4.78, 5) is 16.5. The Morgan fingerprint density at radius 3 is 2.50 bits per heavy atom. The molecule has 24 heavy (non-hydrogen) atoms. The molecule has 0 aliphatic rings. The molecule has 0 aliphatic heterocycles. The molecule has 1 aromatic heterocycles. The van der Waals surface area contributed by atoms with Gasteiger partial charge in [-0.1, -0.05) is 23.7 Å². The minimum Gasteiger partial charge on any atom is -0.355 e. The molecule has 0 atom stereocenters. The maximum atomic E-state index is 12.4. The van der Waals surface area contributed by atoms with E-state index in [0.29, 0.717) is 10.7 Å². The lowest BCUT2D eigenvalue weighted by Crippen LogP contribution is -2.13. The first-order valence-electron chi connectivity index (χ1n) is 7.47. The SMILES string of the molecule is Cc1cccc(NC(=O)c2cc(Nc3ccc(Cl)cc3)ccn2)c1. The first-order chi connectivity index (χ1) is 11.6. The fourth-order valence-corrected chi connectivity index (χ4v) is 2.38. The van der Waals surface area contributed by atoms with E-state index in [1.165, 1.54) is 0 Å². The summed E-state index contributed by atoms with van der Waals surface area (Å²) in [7, 11) is 0. The van der Waals surface area contributed by atoms with Crippen molar-refractivity contribution >= 4 is 34.6 Å². The van der Waals surface area contributed by atoms with E-state index in [2.05, 4.69) is 15.6 Å². The number of aromatic nitrogens is 1. The van der Waals surface area contributed by atoms with Crippen LogP contribution in [0.2, 0.25) is 5.02 Å². The summed E-state index contributed by atoms with van der Waals surface area (Å²) in [5.74, 6) is -0.250. The zero-order chi connectivity index (χ0) is 16.9. The van der Waals surface area contributed by atoms with Crippen molar-refractivity contribution in [3.63, 3.8) is 0 Å². The summed E-state index contributed by atoms with van der Waals surface area (Å²) in [5.41, 5.74) is 3.84. The molecule has 0 spiro atoms. The highest BCUT2D eigenvalue weighted by atomic mass is 35.5. The molecular weight excluding hydrogens is 322 g/mol. The van der Waals surface area contributed by atoms with E-state index in [0.717, 1.165) is 22.6 Å². The second kappa shape index (κ2) is 7.15. The smallest absolute Gasteiger partial charge is 0.274 e. The maximum Gasteiger partial charge on any atom is 0.274 e. The predicted octanol–water partition coefficient (Wildman–Crippen LogP) is 5.04. The minimum absolute atomic E-state index is 0.250. The lowest BCUT2D eigenvalue weighted by Gasteiger charge is -2.09. The number of benzene rings is 2. The van der Waals surface area contributed by atoms with Gasteiger partial charge >= 0.3 is 0 Å². The van der Waals surface area contributed by atoms with E-state index < -0.39 is 0 Å². The molecule has 4 nitrogen and oxygen atoms in total. The summed E-state index contributed by atoms with van der Waals surface area (Å²) < 4.78 is 0. The number of amides is 1. The van der Waals surface area contributed by atoms with Gasteiger partial charge in [0.25, 0.3) is 5.91 Å². The van der Waals surface area contributed by atoms with Crippen molar-refractivity contribution in [1.82, 2.24) is 4.98 Å². The van der Waals surface area contributed by atoms with Crippen LogP contribution in [0.25, 0.3) is 0 Å². The van der Waals surface area contributed by atoms with Gasteiger partial charge < -0.3 is 10.6 Å². The second-order valence-electron chi connectivity index (χ2n) is 5.39. The highest BCUT2D eigenvalue weighted by Crippen LogP contribution is 2.19. The molecule has 3 aromatic rings. The summed E-state index contributed by atoms with van der Waals surface area (Å²) in [6, 6.07) is 18.5. The van der Waals surface area contributed by atoms with E-state index in [4.69, 9.17) is 11.6 Å². The zero-order valence-corrected chi connectivity index (χ0v) is 13.8. The number of aryl methyl sites for hydroxylation is 1. The molecule has 120 valence electrons. The first-order valence-corrected chi connectivity index (χ1v) is 7.84. The van der Waals surface area contributed by atoms with E-state index in [1.807, 2.05) is 43.3 Å². The first kappa shape index (κ1) is 16.0. The van der Waals surface area contributed by atoms with Gasteiger partial charge in [0, 0.05) is 28.3 Å². The molecule has 2 aromatic carbocycles. The fourth-order valence-electron chi connectivity index (χ4n) is 2.25. The number of nitrogens with one attached hydrogen (secondary N) is 2. The highest BCUT2D eigenvalue weighted by Gasteiger charge is 2.09. The highest BCUT2D eigenvalue weighted by molar-refractivity contribution is 6.30. The van der Waals surface area contributed by atoms with Crippen molar-refractivity contribution in [2.45, 2.75) is 6.92 Å². The third-order valence-corrected chi connectivity index (χ3v) is 3.65. The largest absolute Gasteiger partial charge is 0.355 e. The van der Waals surface area contributed by atoms with Crippen LogP contribution < -0.4 is 10.6 Å². The van der Waals surface area contributed by atoms with Gasteiger partial charge in [-0.25, -0.2) is 0 Å². The number of pyridine rings is 1. The Kier molecular flexibility index (Phi) is 4.77. The standard InChI is InChI=1S/C19H16ClN3O/c1-13-3-2-4-16(11-13)23-19(24)18-12-17(9-10-21-18)22-15-7-5-14(20)6-8-15/h2-12H,1H3,(H,21,22)(H,23,24). The van der Waals surface area contributed by atoms with E-state index in [1.54, 1.807) is 30.5 Å². The number of rotatable bonds is 4. The number of carbonyl (C=O) groups excluding carboxylic acids is 1. The van der Waals surface area contributed by atoms with Gasteiger partial charge in [-0.2, -0.15) is 0 Å². The van der Waals surface area contributed by atoms with E-state index in [9.17, 15) is 4.79 Å². The number of hydrogen-bond acceptors (Lipinski definition) is 3. The van der Waals surface area contributed by atoms with Crippen molar-refractivity contribution in [3.8, 4) is 0 Å². The Morgan fingerprint density at radius 2 is 1.75 bits per heavy atom. The maximum absolute atomic E-state index is 12.4. The van der Waals surface area contributed by atoms with Crippen molar-refractivity contribution < 1.29 is 4.79 Å². The quantitative estimate of drug-likeness (QED) is 0.701. The third kappa shape index (κ3) is 4.12. The normalized spacial score (nSPS) is 10.2. The van der Waals surface area contributed by atoms with Crippen LogP contribution >= 0.6 is 11.6 Å². The Labute approximate surface area is 145 Å². The molecule has 3 rings (SSSR count). The van der Waals surface area contributed by atoms with Gasteiger partial charge in [0.15, 0.2) is 0 Å².